The molecular weight excluding hydrogens is 482 g/mol. The Balaban J connectivity index is 1.63. The summed E-state index contributed by atoms with van der Waals surface area (Å²) in [5.74, 6) is -1.13. The van der Waals surface area contributed by atoms with Crippen LogP contribution in [-0.2, 0) is 23.1 Å². The molecule has 3 heterocycles. The second-order valence-electron chi connectivity index (χ2n) is 9.97. The van der Waals surface area contributed by atoms with E-state index < -0.39 is 23.9 Å². The van der Waals surface area contributed by atoms with Crippen LogP contribution in [0.4, 0.5) is 16.3 Å². The number of rotatable bonds is 7. The molecule has 3 aromatic rings. The zero-order valence-electron chi connectivity index (χ0n) is 22.7. The maximum atomic E-state index is 13.7. The number of nitrogens with one attached hydrogen (secondary N) is 1. The smallest absolute Gasteiger partial charge is 0.325 e. The normalized spacial score (nSPS) is 17.6. The van der Waals surface area contributed by atoms with Gasteiger partial charge < -0.3 is 16.0 Å². The lowest BCUT2D eigenvalue weighted by atomic mass is 9.81. The van der Waals surface area contributed by atoms with Crippen molar-refractivity contribution in [1.82, 2.24) is 25.0 Å². The van der Waals surface area contributed by atoms with E-state index in [1.165, 1.54) is 4.90 Å². The largest absolute Gasteiger partial charge is 0.384 e. The summed E-state index contributed by atoms with van der Waals surface area (Å²) in [6.07, 6.45) is 4.17. The van der Waals surface area contributed by atoms with Crippen molar-refractivity contribution in [3.8, 4) is 0 Å². The molecule has 4 rings (SSSR count). The van der Waals surface area contributed by atoms with E-state index in [1.54, 1.807) is 37.2 Å². The number of carbonyl (C=O) groups is 3. The number of carbonyl (C=O) groups excluding carboxylic acids is 3. The van der Waals surface area contributed by atoms with Crippen LogP contribution in [-0.4, -0.2) is 50.6 Å². The molecule has 0 saturated carbocycles. The first-order valence-corrected chi connectivity index (χ1v) is 12.7. The predicted molar refractivity (Wildman–Crippen MR) is 145 cm³/mol. The Morgan fingerprint density at radius 2 is 1.95 bits per heavy atom. The minimum atomic E-state index is -0.974. The Morgan fingerprint density at radius 3 is 2.58 bits per heavy atom. The van der Waals surface area contributed by atoms with Gasteiger partial charge in [0.2, 0.25) is 5.91 Å². The van der Waals surface area contributed by atoms with Crippen molar-refractivity contribution in [2.45, 2.75) is 52.6 Å². The summed E-state index contributed by atoms with van der Waals surface area (Å²) in [6.45, 7) is 7.83. The van der Waals surface area contributed by atoms with Crippen LogP contribution >= 0.6 is 0 Å². The van der Waals surface area contributed by atoms with Gasteiger partial charge in [0, 0.05) is 26.0 Å². The number of imide groups is 1. The zero-order valence-corrected chi connectivity index (χ0v) is 22.7. The number of β-lactam (4-membered cyclic amide) rings is 1. The van der Waals surface area contributed by atoms with Gasteiger partial charge in [-0.3, -0.25) is 19.2 Å². The van der Waals surface area contributed by atoms with Crippen molar-refractivity contribution >= 4 is 29.4 Å². The van der Waals surface area contributed by atoms with Crippen molar-refractivity contribution in [2.24, 2.45) is 13.0 Å². The quantitative estimate of drug-likeness (QED) is 0.464. The summed E-state index contributed by atoms with van der Waals surface area (Å²) < 4.78 is 1.59. The summed E-state index contributed by atoms with van der Waals surface area (Å²) >= 11 is 0. The molecule has 10 nitrogen and oxygen atoms in total. The van der Waals surface area contributed by atoms with Crippen LogP contribution in [0.1, 0.15) is 47.3 Å². The van der Waals surface area contributed by atoms with E-state index in [-0.39, 0.29) is 18.4 Å². The van der Waals surface area contributed by atoms with E-state index >= 15 is 0 Å². The number of aromatic nitrogens is 3. The number of amides is 4. The molecule has 1 aliphatic heterocycles. The molecule has 1 fully saturated rings. The molecule has 1 aliphatic rings. The summed E-state index contributed by atoms with van der Waals surface area (Å²) in [6, 6.07) is 7.63. The van der Waals surface area contributed by atoms with Crippen molar-refractivity contribution in [3.63, 3.8) is 0 Å². The molecule has 0 unspecified atom stereocenters. The molecule has 3 atom stereocenters. The Bertz CT molecular complexity index is 1360. The maximum Gasteiger partial charge on any atom is 0.325 e. The third-order valence-corrected chi connectivity index (χ3v) is 7.31. The Morgan fingerprint density at radius 1 is 1.21 bits per heavy atom. The fraction of sp³-hybridized carbons (Fsp3) is 0.393. The molecule has 3 N–H and O–H groups in total. The molecule has 0 spiro atoms. The SMILES string of the molecule is CC[C@@H](NC(=O)N1C(=O)[C@H](Cc2cc(C)nc(N)c2)[C@H]1C(=O)N(C)c1cnn(C)c1)c1cccc(C)c1C. The summed E-state index contributed by atoms with van der Waals surface area (Å²) in [5, 5.41) is 7.14. The Labute approximate surface area is 222 Å². The van der Waals surface area contributed by atoms with Crippen molar-refractivity contribution < 1.29 is 14.4 Å². The molecule has 0 bridgehead atoms. The molecule has 200 valence electrons. The number of nitrogen functional groups attached to an aromatic ring is 1. The van der Waals surface area contributed by atoms with Crippen molar-refractivity contribution in [2.75, 3.05) is 17.7 Å². The van der Waals surface area contributed by atoms with Gasteiger partial charge >= 0.3 is 6.03 Å². The van der Waals surface area contributed by atoms with Gasteiger partial charge in [-0.05, 0) is 68.0 Å². The standard InChI is InChI=1S/C28H35N7O3/c1-7-23(21-10-8-9-16(2)18(21)4)32-28(38)35-25(27(37)34(6)20-14-30-33(5)15-20)22(26(35)36)12-19-11-17(3)31-24(29)13-19/h8-11,13-15,22-23,25H,7,12H2,1-6H3,(H2,29,31)(H,32,38)/t22-,23-,25+/m1/s1. The number of likely N-dealkylation sites (tertiary alicyclic amines) is 1. The third kappa shape index (κ3) is 5.11. The van der Waals surface area contributed by atoms with Crippen molar-refractivity contribution in [1.29, 1.82) is 0 Å². The first-order valence-electron chi connectivity index (χ1n) is 12.7. The molecule has 2 aromatic heterocycles. The maximum absolute atomic E-state index is 13.7. The summed E-state index contributed by atoms with van der Waals surface area (Å²) in [4.78, 5) is 47.4. The molecular formula is C28H35N7O3. The van der Waals surface area contributed by atoms with Crippen LogP contribution in [0.15, 0.2) is 42.7 Å². The van der Waals surface area contributed by atoms with Crippen molar-refractivity contribution in [3.05, 3.63) is 70.7 Å². The highest BCUT2D eigenvalue weighted by Gasteiger charge is 2.55. The number of hydrogen-bond acceptors (Lipinski definition) is 6. The van der Waals surface area contributed by atoms with Crippen LogP contribution in [0, 0.1) is 26.7 Å². The second kappa shape index (κ2) is 10.6. The number of benzene rings is 1. The van der Waals surface area contributed by atoms with Gasteiger partial charge in [-0.15, -0.1) is 0 Å². The molecule has 1 aromatic carbocycles. The van der Waals surface area contributed by atoms with E-state index in [0.717, 1.165) is 32.8 Å². The number of pyridine rings is 1. The van der Waals surface area contributed by atoms with Gasteiger partial charge in [0.25, 0.3) is 5.91 Å². The van der Waals surface area contributed by atoms with Crippen LogP contribution in [0.5, 0.6) is 0 Å². The number of urea groups is 1. The van der Waals surface area contributed by atoms with Gasteiger partial charge in [0.1, 0.15) is 11.9 Å². The minimum absolute atomic E-state index is 0.266. The highest BCUT2D eigenvalue weighted by Crippen LogP contribution is 2.34. The van der Waals surface area contributed by atoms with E-state index in [4.69, 9.17) is 5.73 Å². The lowest BCUT2D eigenvalue weighted by Crippen LogP contribution is -2.70. The molecule has 1 saturated heterocycles. The fourth-order valence-corrected chi connectivity index (χ4v) is 5.07. The number of nitrogens with two attached hydrogens (primary N) is 1. The lowest BCUT2D eigenvalue weighted by molar-refractivity contribution is -0.156. The minimum Gasteiger partial charge on any atom is -0.384 e. The topological polar surface area (TPSA) is 126 Å². The first-order chi connectivity index (χ1) is 18.0. The number of anilines is 2. The van der Waals surface area contributed by atoms with E-state index in [1.807, 2.05) is 52.0 Å². The second-order valence-corrected chi connectivity index (χ2v) is 9.97. The summed E-state index contributed by atoms with van der Waals surface area (Å²) in [7, 11) is 3.38. The lowest BCUT2D eigenvalue weighted by Gasteiger charge is -2.46. The number of nitrogens with zero attached hydrogens (tertiary/aromatic N) is 5. The molecule has 4 amide bonds. The average molecular weight is 518 g/mol. The number of likely N-dealkylation sites (N-methyl/N-ethyl adjacent to an activating group) is 1. The molecule has 0 aliphatic carbocycles. The monoisotopic (exact) mass is 517 g/mol. The first kappa shape index (κ1) is 26.8. The fourth-order valence-electron chi connectivity index (χ4n) is 5.07. The van der Waals surface area contributed by atoms with Crippen LogP contribution < -0.4 is 16.0 Å². The highest BCUT2D eigenvalue weighted by atomic mass is 16.2. The summed E-state index contributed by atoms with van der Waals surface area (Å²) in [5.41, 5.74) is 11.2. The van der Waals surface area contributed by atoms with Gasteiger partial charge in [-0.2, -0.15) is 5.10 Å². The van der Waals surface area contributed by atoms with E-state index in [0.29, 0.717) is 17.9 Å². The average Bonchev–Trinajstić information content (AvgIpc) is 3.30. The predicted octanol–water partition coefficient (Wildman–Crippen LogP) is 3.22. The third-order valence-electron chi connectivity index (χ3n) is 7.31. The zero-order chi connectivity index (χ0) is 27.7. The molecule has 38 heavy (non-hydrogen) atoms. The van der Waals surface area contributed by atoms with Gasteiger partial charge in [-0.25, -0.2) is 9.78 Å². The molecule has 0 radical (unpaired) electrons. The Hall–Kier alpha value is -4.21. The van der Waals surface area contributed by atoms with Gasteiger partial charge in [-0.1, -0.05) is 25.1 Å². The van der Waals surface area contributed by atoms with Gasteiger partial charge in [0.05, 0.1) is 23.8 Å². The van der Waals surface area contributed by atoms with E-state index in [2.05, 4.69) is 15.4 Å². The van der Waals surface area contributed by atoms with Crippen LogP contribution in [0.25, 0.3) is 0 Å². The number of aryl methyl sites for hydroxylation is 3. The van der Waals surface area contributed by atoms with Gasteiger partial charge in [0.15, 0.2) is 0 Å². The van der Waals surface area contributed by atoms with Crippen LogP contribution in [0.3, 0.4) is 0 Å². The molecule has 10 heteroatoms. The van der Waals surface area contributed by atoms with E-state index in [9.17, 15) is 14.4 Å². The highest BCUT2D eigenvalue weighted by molar-refractivity contribution is 6.12. The Kier molecular flexibility index (Phi) is 7.52. The van der Waals surface area contributed by atoms with Crippen LogP contribution in [0.2, 0.25) is 0 Å². The number of hydrogen-bond donors (Lipinski definition) is 2.